The summed E-state index contributed by atoms with van der Waals surface area (Å²) >= 11 is 0. The van der Waals surface area contributed by atoms with Crippen LogP contribution < -0.4 is 0 Å². The lowest BCUT2D eigenvalue weighted by atomic mass is 9.43. The fourth-order valence-corrected chi connectivity index (χ4v) is 7.72. The third-order valence-electron chi connectivity index (χ3n) is 9.13. The summed E-state index contributed by atoms with van der Waals surface area (Å²) in [6.45, 7) is 6.92. The van der Waals surface area contributed by atoms with Gasteiger partial charge in [0.1, 0.15) is 6.29 Å². The number of aldehydes is 1. The highest BCUT2D eigenvalue weighted by atomic mass is 16.3. The molecule has 23 heavy (non-hydrogen) atoms. The zero-order valence-electron chi connectivity index (χ0n) is 15.2. The van der Waals surface area contributed by atoms with Gasteiger partial charge in [0.15, 0.2) is 0 Å². The average Bonchev–Trinajstić information content (AvgIpc) is 2.88. The van der Waals surface area contributed by atoms with Crippen molar-refractivity contribution in [3.05, 3.63) is 0 Å². The Kier molecular flexibility index (Phi) is 3.55. The van der Waals surface area contributed by atoms with Crippen molar-refractivity contribution in [2.75, 3.05) is 0 Å². The quantitative estimate of drug-likeness (QED) is 0.718. The normalized spacial score (nSPS) is 58.9. The lowest BCUT2D eigenvalue weighted by molar-refractivity contribution is -0.168. The van der Waals surface area contributed by atoms with E-state index in [9.17, 15) is 9.90 Å². The summed E-state index contributed by atoms with van der Waals surface area (Å²) in [7, 11) is 0. The number of hydrogen-bond acceptors (Lipinski definition) is 2. The van der Waals surface area contributed by atoms with Gasteiger partial charge in [0.25, 0.3) is 0 Å². The maximum Gasteiger partial charge on any atom is 0.125 e. The molecule has 0 heterocycles. The molecule has 0 aromatic rings. The standard InChI is InChI=1S/C21H34O2/c1-19-9-4-5-17(19)16-7-6-14-12-21(3,23)15(13-22)11-20(14,2)18(16)8-10-19/h13-18,23H,4-12H2,1-3H3/t14?,15?,16-,17-,18+,19-,20-,21?/m0/s1. The second-order valence-corrected chi connectivity index (χ2v) is 10.2. The fraction of sp³-hybridized carbons (Fsp3) is 0.952. The summed E-state index contributed by atoms with van der Waals surface area (Å²) in [6.07, 6.45) is 12.5. The zero-order chi connectivity index (χ0) is 16.5. The Bertz CT molecular complexity index is 498. The van der Waals surface area contributed by atoms with Crippen molar-refractivity contribution in [2.24, 2.45) is 40.4 Å². The van der Waals surface area contributed by atoms with Crippen molar-refractivity contribution in [3.8, 4) is 0 Å². The molecule has 8 atom stereocenters. The maximum atomic E-state index is 11.6. The first kappa shape index (κ1) is 16.1. The van der Waals surface area contributed by atoms with Gasteiger partial charge in [-0.1, -0.05) is 20.3 Å². The molecule has 0 bridgehead atoms. The Morgan fingerprint density at radius 1 is 0.957 bits per heavy atom. The molecule has 4 rings (SSSR count). The van der Waals surface area contributed by atoms with Gasteiger partial charge in [-0.3, -0.25) is 0 Å². The van der Waals surface area contributed by atoms with Gasteiger partial charge in [-0.25, -0.2) is 0 Å². The van der Waals surface area contributed by atoms with Crippen LogP contribution >= 0.6 is 0 Å². The summed E-state index contributed by atoms with van der Waals surface area (Å²) in [4.78, 5) is 11.6. The van der Waals surface area contributed by atoms with E-state index in [2.05, 4.69) is 13.8 Å². The third-order valence-corrected chi connectivity index (χ3v) is 9.13. The predicted octanol–water partition coefficient (Wildman–Crippen LogP) is 4.60. The molecule has 2 nitrogen and oxygen atoms in total. The molecular formula is C21H34O2. The van der Waals surface area contributed by atoms with E-state index in [-0.39, 0.29) is 11.3 Å². The molecule has 0 spiro atoms. The number of carbonyl (C=O) groups excluding carboxylic acids is 1. The van der Waals surface area contributed by atoms with E-state index in [1.54, 1.807) is 0 Å². The second-order valence-electron chi connectivity index (χ2n) is 10.2. The Hall–Kier alpha value is -0.370. The van der Waals surface area contributed by atoms with E-state index in [1.807, 2.05) is 6.92 Å². The predicted molar refractivity (Wildman–Crippen MR) is 91.9 cm³/mol. The number of carbonyl (C=O) groups is 1. The van der Waals surface area contributed by atoms with E-state index in [1.165, 1.54) is 44.9 Å². The van der Waals surface area contributed by atoms with Crippen molar-refractivity contribution in [1.29, 1.82) is 0 Å². The van der Waals surface area contributed by atoms with Crippen LogP contribution in [0.25, 0.3) is 0 Å². The van der Waals surface area contributed by atoms with E-state index >= 15 is 0 Å². The van der Waals surface area contributed by atoms with E-state index in [0.717, 1.165) is 36.9 Å². The highest BCUT2D eigenvalue weighted by Gasteiger charge is 2.60. The van der Waals surface area contributed by atoms with Crippen molar-refractivity contribution in [2.45, 2.75) is 84.2 Å². The molecule has 0 amide bonds. The van der Waals surface area contributed by atoms with Gasteiger partial charge >= 0.3 is 0 Å². The summed E-state index contributed by atoms with van der Waals surface area (Å²) in [5.74, 6) is 3.04. The van der Waals surface area contributed by atoms with Crippen molar-refractivity contribution in [1.82, 2.24) is 0 Å². The minimum Gasteiger partial charge on any atom is -0.389 e. The molecule has 0 saturated heterocycles. The van der Waals surface area contributed by atoms with Gasteiger partial charge in [-0.15, -0.1) is 0 Å². The first-order valence-electron chi connectivity index (χ1n) is 9.98. The van der Waals surface area contributed by atoms with E-state index < -0.39 is 5.60 Å². The summed E-state index contributed by atoms with van der Waals surface area (Å²) in [6, 6.07) is 0. The van der Waals surface area contributed by atoms with Crippen LogP contribution in [0.15, 0.2) is 0 Å². The molecule has 4 fully saturated rings. The molecule has 4 aliphatic carbocycles. The molecule has 0 aromatic heterocycles. The lowest BCUT2D eigenvalue weighted by Gasteiger charge is -2.62. The average molecular weight is 319 g/mol. The highest BCUT2D eigenvalue weighted by molar-refractivity contribution is 5.56. The number of fused-ring (bicyclic) bond motifs is 5. The Labute approximate surface area is 141 Å². The second kappa shape index (κ2) is 5.07. The summed E-state index contributed by atoms with van der Waals surface area (Å²) in [5.41, 5.74) is 0.102. The Morgan fingerprint density at radius 2 is 1.74 bits per heavy atom. The monoisotopic (exact) mass is 318 g/mol. The molecule has 0 aliphatic heterocycles. The zero-order valence-corrected chi connectivity index (χ0v) is 15.2. The van der Waals surface area contributed by atoms with Crippen molar-refractivity contribution in [3.63, 3.8) is 0 Å². The van der Waals surface area contributed by atoms with Gasteiger partial charge in [0.2, 0.25) is 0 Å². The summed E-state index contributed by atoms with van der Waals surface area (Å²) < 4.78 is 0. The maximum absolute atomic E-state index is 11.6. The first-order chi connectivity index (χ1) is 10.8. The van der Waals surface area contributed by atoms with Gasteiger partial charge in [0, 0.05) is 5.92 Å². The topological polar surface area (TPSA) is 37.3 Å². The van der Waals surface area contributed by atoms with Crippen LogP contribution in [0, 0.1) is 40.4 Å². The van der Waals surface area contributed by atoms with Crippen LogP contribution in [0.1, 0.15) is 78.6 Å². The molecule has 4 aliphatic rings. The smallest absolute Gasteiger partial charge is 0.125 e. The molecular weight excluding hydrogens is 284 g/mol. The van der Waals surface area contributed by atoms with Crippen LogP contribution in [0.4, 0.5) is 0 Å². The third kappa shape index (κ3) is 2.19. The number of hydrogen-bond donors (Lipinski definition) is 1. The lowest BCUT2D eigenvalue weighted by Crippen LogP contribution is -2.57. The number of rotatable bonds is 1. The largest absolute Gasteiger partial charge is 0.389 e. The van der Waals surface area contributed by atoms with Crippen LogP contribution in [-0.2, 0) is 4.79 Å². The van der Waals surface area contributed by atoms with Crippen LogP contribution in [0.2, 0.25) is 0 Å². The minimum absolute atomic E-state index is 0.167. The molecule has 3 unspecified atom stereocenters. The number of aliphatic hydroxyl groups is 1. The molecule has 0 radical (unpaired) electrons. The molecule has 130 valence electrons. The fourth-order valence-electron chi connectivity index (χ4n) is 7.72. The molecule has 4 saturated carbocycles. The van der Waals surface area contributed by atoms with Gasteiger partial charge in [-0.2, -0.15) is 0 Å². The van der Waals surface area contributed by atoms with Crippen LogP contribution in [-0.4, -0.2) is 17.0 Å². The van der Waals surface area contributed by atoms with Gasteiger partial charge in [0.05, 0.1) is 5.60 Å². The highest BCUT2D eigenvalue weighted by Crippen LogP contribution is 2.67. The van der Waals surface area contributed by atoms with E-state index in [4.69, 9.17) is 0 Å². The van der Waals surface area contributed by atoms with E-state index in [0.29, 0.717) is 11.3 Å². The first-order valence-corrected chi connectivity index (χ1v) is 9.98. The Balaban J connectivity index is 1.65. The van der Waals surface area contributed by atoms with Gasteiger partial charge in [-0.05, 0) is 92.8 Å². The molecule has 0 aromatic carbocycles. The Morgan fingerprint density at radius 3 is 2.48 bits per heavy atom. The van der Waals surface area contributed by atoms with Gasteiger partial charge < -0.3 is 9.90 Å². The molecule has 1 N–H and O–H groups in total. The van der Waals surface area contributed by atoms with Crippen molar-refractivity contribution < 1.29 is 9.90 Å². The van der Waals surface area contributed by atoms with Crippen molar-refractivity contribution >= 4 is 6.29 Å². The van der Waals surface area contributed by atoms with Crippen LogP contribution in [0.5, 0.6) is 0 Å². The molecule has 2 heteroatoms. The summed E-state index contributed by atoms with van der Waals surface area (Å²) in [5, 5.41) is 10.7. The SMILES string of the molecule is CC1(O)CC2CC[C@@H]3[C@@H](CC[C@]4(C)CCC[C@@H]34)[C@@]2(C)CC1C=O. The van der Waals surface area contributed by atoms with Crippen LogP contribution in [0.3, 0.4) is 0 Å². The minimum atomic E-state index is -0.782.